The minimum absolute atomic E-state index is 0.484. The molecule has 0 aliphatic rings. The van der Waals surface area contributed by atoms with Crippen molar-refractivity contribution in [3.8, 4) is 0 Å². The van der Waals surface area contributed by atoms with E-state index in [1.807, 2.05) is 6.07 Å². The van der Waals surface area contributed by atoms with Gasteiger partial charge in [-0.15, -0.1) is 0 Å². The van der Waals surface area contributed by atoms with E-state index in [9.17, 15) is 0 Å². The second kappa shape index (κ2) is 4.07. The molecule has 0 spiro atoms. The van der Waals surface area contributed by atoms with Crippen molar-refractivity contribution in [1.82, 2.24) is 10.3 Å². The fourth-order valence-electron chi connectivity index (χ4n) is 0.911. The average Bonchev–Trinajstić information content (AvgIpc) is 2.03. The molecule has 66 valence electrons. The molecule has 1 aromatic heterocycles. The largest absolute Gasteiger partial charge is 0.397 e. The number of pyridine rings is 1. The van der Waals surface area contributed by atoms with Gasteiger partial charge in [0.2, 0.25) is 0 Å². The van der Waals surface area contributed by atoms with E-state index in [0.717, 1.165) is 17.8 Å². The summed E-state index contributed by atoms with van der Waals surface area (Å²) in [7, 11) is 0. The number of nitrogens with zero attached hydrogens (tertiary/aromatic N) is 1. The Bertz CT molecular complexity index is 245. The normalized spacial score (nSPS) is 10.6. The third-order valence-corrected chi connectivity index (χ3v) is 1.65. The van der Waals surface area contributed by atoms with Crippen LogP contribution < -0.4 is 11.1 Å². The lowest BCUT2D eigenvalue weighted by atomic mass is 10.2. The Kier molecular flexibility index (Phi) is 3.05. The van der Waals surface area contributed by atoms with Crippen LogP contribution in [0.15, 0.2) is 18.5 Å². The van der Waals surface area contributed by atoms with Crippen molar-refractivity contribution in [2.75, 3.05) is 5.73 Å². The van der Waals surface area contributed by atoms with Crippen LogP contribution in [0.2, 0.25) is 0 Å². The Hall–Kier alpha value is -1.09. The first-order valence-electron chi connectivity index (χ1n) is 4.12. The molecule has 0 saturated heterocycles. The van der Waals surface area contributed by atoms with Gasteiger partial charge in [-0.2, -0.15) is 0 Å². The van der Waals surface area contributed by atoms with Gasteiger partial charge in [0.1, 0.15) is 0 Å². The van der Waals surface area contributed by atoms with Gasteiger partial charge in [0, 0.05) is 18.8 Å². The minimum Gasteiger partial charge on any atom is -0.397 e. The highest BCUT2D eigenvalue weighted by Gasteiger charge is 1.98. The Labute approximate surface area is 73.0 Å². The number of hydrogen-bond donors (Lipinski definition) is 2. The molecule has 0 unspecified atom stereocenters. The fraction of sp³-hybridized carbons (Fsp3) is 0.444. The average molecular weight is 165 g/mol. The predicted molar refractivity (Wildman–Crippen MR) is 50.6 cm³/mol. The molecule has 12 heavy (non-hydrogen) atoms. The molecule has 0 aliphatic heterocycles. The Balaban J connectivity index is 2.57. The third-order valence-electron chi connectivity index (χ3n) is 1.65. The van der Waals surface area contributed by atoms with Crippen LogP contribution in [0.3, 0.4) is 0 Å². The topological polar surface area (TPSA) is 50.9 Å². The van der Waals surface area contributed by atoms with Crippen molar-refractivity contribution < 1.29 is 0 Å². The minimum atomic E-state index is 0.484. The number of aromatic nitrogens is 1. The highest BCUT2D eigenvalue weighted by Crippen LogP contribution is 2.07. The standard InChI is InChI=1S/C9H15N3/c1-7(2)12-5-8-3-4-11-6-9(8)10/h3-4,6-7,12H,5,10H2,1-2H3. The van der Waals surface area contributed by atoms with E-state index in [-0.39, 0.29) is 0 Å². The lowest BCUT2D eigenvalue weighted by molar-refractivity contribution is 0.589. The van der Waals surface area contributed by atoms with Crippen LogP contribution >= 0.6 is 0 Å². The zero-order valence-electron chi connectivity index (χ0n) is 7.54. The van der Waals surface area contributed by atoms with E-state index in [0.29, 0.717) is 6.04 Å². The molecule has 0 fully saturated rings. The van der Waals surface area contributed by atoms with Crippen molar-refractivity contribution in [2.24, 2.45) is 0 Å². The Morgan fingerprint density at radius 3 is 2.92 bits per heavy atom. The first-order valence-corrected chi connectivity index (χ1v) is 4.12. The molecule has 0 aromatic carbocycles. The number of rotatable bonds is 3. The van der Waals surface area contributed by atoms with Gasteiger partial charge in [0.25, 0.3) is 0 Å². The highest BCUT2D eigenvalue weighted by molar-refractivity contribution is 5.43. The van der Waals surface area contributed by atoms with Crippen LogP contribution in [0, 0.1) is 0 Å². The molecule has 0 atom stereocenters. The summed E-state index contributed by atoms with van der Waals surface area (Å²) >= 11 is 0. The first-order chi connectivity index (χ1) is 5.70. The van der Waals surface area contributed by atoms with Gasteiger partial charge in [-0.25, -0.2) is 0 Å². The zero-order chi connectivity index (χ0) is 8.97. The molecule has 0 aliphatic carbocycles. The van der Waals surface area contributed by atoms with Crippen molar-refractivity contribution in [2.45, 2.75) is 26.4 Å². The molecule has 0 amide bonds. The van der Waals surface area contributed by atoms with E-state index in [1.165, 1.54) is 0 Å². The van der Waals surface area contributed by atoms with E-state index in [2.05, 4.69) is 24.1 Å². The number of nitrogens with one attached hydrogen (secondary N) is 1. The Morgan fingerprint density at radius 2 is 2.33 bits per heavy atom. The van der Waals surface area contributed by atoms with Crippen LogP contribution in [0.1, 0.15) is 19.4 Å². The molecule has 0 saturated carbocycles. The van der Waals surface area contributed by atoms with Crippen LogP contribution in [-0.2, 0) is 6.54 Å². The van der Waals surface area contributed by atoms with Crippen molar-refractivity contribution in [1.29, 1.82) is 0 Å². The molecule has 1 aromatic rings. The molecular formula is C9H15N3. The first kappa shape index (κ1) is 9.00. The summed E-state index contributed by atoms with van der Waals surface area (Å²) in [6, 6.07) is 2.42. The quantitative estimate of drug-likeness (QED) is 0.706. The summed E-state index contributed by atoms with van der Waals surface area (Å²) in [6.07, 6.45) is 3.44. The third kappa shape index (κ3) is 2.51. The van der Waals surface area contributed by atoms with E-state index < -0.39 is 0 Å². The SMILES string of the molecule is CC(C)NCc1ccncc1N. The van der Waals surface area contributed by atoms with Crippen molar-refractivity contribution in [3.63, 3.8) is 0 Å². The number of nitrogens with two attached hydrogens (primary N) is 1. The summed E-state index contributed by atoms with van der Waals surface area (Å²) in [5.74, 6) is 0. The second-order valence-electron chi connectivity index (χ2n) is 3.11. The highest BCUT2D eigenvalue weighted by atomic mass is 14.9. The summed E-state index contributed by atoms with van der Waals surface area (Å²) < 4.78 is 0. The van der Waals surface area contributed by atoms with Gasteiger partial charge in [-0.3, -0.25) is 4.98 Å². The fourth-order valence-corrected chi connectivity index (χ4v) is 0.911. The van der Waals surface area contributed by atoms with Crippen LogP contribution in [0.5, 0.6) is 0 Å². The molecule has 3 N–H and O–H groups in total. The second-order valence-corrected chi connectivity index (χ2v) is 3.11. The molecule has 0 radical (unpaired) electrons. The monoisotopic (exact) mass is 165 g/mol. The number of anilines is 1. The summed E-state index contributed by atoms with van der Waals surface area (Å²) in [4.78, 5) is 3.92. The molecule has 3 nitrogen and oxygen atoms in total. The maximum Gasteiger partial charge on any atom is 0.0546 e. The summed E-state index contributed by atoms with van der Waals surface area (Å²) in [6.45, 7) is 5.03. The molecule has 0 bridgehead atoms. The van der Waals surface area contributed by atoms with Crippen molar-refractivity contribution in [3.05, 3.63) is 24.0 Å². The Morgan fingerprint density at radius 1 is 1.58 bits per heavy atom. The molecule has 1 heterocycles. The van der Waals surface area contributed by atoms with Gasteiger partial charge < -0.3 is 11.1 Å². The number of hydrogen-bond acceptors (Lipinski definition) is 3. The maximum atomic E-state index is 5.70. The van der Waals surface area contributed by atoms with Gasteiger partial charge in [0.05, 0.1) is 11.9 Å². The van der Waals surface area contributed by atoms with E-state index >= 15 is 0 Å². The van der Waals surface area contributed by atoms with E-state index in [4.69, 9.17) is 5.73 Å². The lowest BCUT2D eigenvalue weighted by Crippen LogP contribution is -2.22. The van der Waals surface area contributed by atoms with Gasteiger partial charge in [0.15, 0.2) is 0 Å². The van der Waals surface area contributed by atoms with Crippen LogP contribution in [-0.4, -0.2) is 11.0 Å². The van der Waals surface area contributed by atoms with Crippen LogP contribution in [0.25, 0.3) is 0 Å². The molecular weight excluding hydrogens is 150 g/mol. The molecule has 1 rings (SSSR count). The predicted octanol–water partition coefficient (Wildman–Crippen LogP) is 1.16. The summed E-state index contributed by atoms with van der Waals surface area (Å²) in [5.41, 5.74) is 7.57. The van der Waals surface area contributed by atoms with Gasteiger partial charge in [-0.05, 0) is 11.6 Å². The van der Waals surface area contributed by atoms with Gasteiger partial charge in [-0.1, -0.05) is 13.8 Å². The number of nitrogen functional groups attached to an aromatic ring is 1. The zero-order valence-corrected chi connectivity index (χ0v) is 7.54. The maximum absolute atomic E-state index is 5.70. The smallest absolute Gasteiger partial charge is 0.0546 e. The van der Waals surface area contributed by atoms with Gasteiger partial charge >= 0.3 is 0 Å². The molecule has 3 heteroatoms. The lowest BCUT2D eigenvalue weighted by Gasteiger charge is -2.09. The van der Waals surface area contributed by atoms with E-state index in [1.54, 1.807) is 12.4 Å². The van der Waals surface area contributed by atoms with Crippen molar-refractivity contribution >= 4 is 5.69 Å². The van der Waals surface area contributed by atoms with Crippen LogP contribution in [0.4, 0.5) is 5.69 Å². The summed E-state index contributed by atoms with van der Waals surface area (Å²) in [5, 5.41) is 3.29.